The molecule has 1 fully saturated rings. The molecule has 0 aliphatic carbocycles. The molecule has 1 aliphatic heterocycles. The molecule has 104 valence electrons. The van der Waals surface area contributed by atoms with Crippen molar-refractivity contribution in [3.8, 4) is 0 Å². The van der Waals surface area contributed by atoms with E-state index in [1.165, 1.54) is 6.07 Å². The Balaban J connectivity index is 2.23. The van der Waals surface area contributed by atoms with E-state index in [2.05, 4.69) is 19.2 Å². The second-order valence-corrected chi connectivity index (χ2v) is 5.41. The average Bonchev–Trinajstić information content (AvgIpc) is 2.40. The van der Waals surface area contributed by atoms with Crippen molar-refractivity contribution in [3.05, 3.63) is 29.6 Å². The van der Waals surface area contributed by atoms with Crippen LogP contribution < -0.4 is 5.32 Å². The fourth-order valence-electron chi connectivity index (χ4n) is 2.57. The second-order valence-electron chi connectivity index (χ2n) is 5.41. The molecule has 1 heterocycles. The topological polar surface area (TPSA) is 32.3 Å². The number of anilines is 1. The van der Waals surface area contributed by atoms with Crippen molar-refractivity contribution < 1.29 is 9.18 Å². The number of nitrogens with one attached hydrogen (secondary N) is 1. The summed E-state index contributed by atoms with van der Waals surface area (Å²) in [6.45, 7) is 5.88. The molecule has 1 aliphatic rings. The number of hydrogen-bond acceptors (Lipinski definition) is 2. The zero-order valence-corrected chi connectivity index (χ0v) is 11.7. The summed E-state index contributed by atoms with van der Waals surface area (Å²) in [6, 6.07) is 4.63. The van der Waals surface area contributed by atoms with E-state index >= 15 is 0 Å². The number of carbonyl (C=O) groups excluding carboxylic acids is 1. The van der Waals surface area contributed by atoms with Crippen molar-refractivity contribution >= 4 is 11.6 Å². The first-order valence-electron chi connectivity index (χ1n) is 6.80. The highest BCUT2D eigenvalue weighted by Gasteiger charge is 2.28. The first kappa shape index (κ1) is 13.8. The van der Waals surface area contributed by atoms with E-state index in [9.17, 15) is 9.18 Å². The van der Waals surface area contributed by atoms with Gasteiger partial charge in [0.25, 0.3) is 5.91 Å². The number of nitrogens with zero attached hydrogens (tertiary/aromatic N) is 1. The lowest BCUT2D eigenvalue weighted by atomic mass is 9.88. The van der Waals surface area contributed by atoms with Gasteiger partial charge in [-0.15, -0.1) is 0 Å². The lowest BCUT2D eigenvalue weighted by Crippen LogP contribution is -2.42. The normalized spacial score (nSPS) is 23.3. The van der Waals surface area contributed by atoms with Crippen LogP contribution in [0.2, 0.25) is 0 Å². The summed E-state index contributed by atoms with van der Waals surface area (Å²) >= 11 is 0. The molecule has 1 N–H and O–H groups in total. The van der Waals surface area contributed by atoms with Crippen LogP contribution in [0.3, 0.4) is 0 Å². The van der Waals surface area contributed by atoms with Gasteiger partial charge in [0.2, 0.25) is 0 Å². The zero-order chi connectivity index (χ0) is 14.0. The molecule has 2 unspecified atom stereocenters. The minimum Gasteiger partial charge on any atom is -0.385 e. The number of rotatable bonds is 2. The molecule has 0 bridgehead atoms. The number of halogens is 1. The Morgan fingerprint density at radius 2 is 2.11 bits per heavy atom. The monoisotopic (exact) mass is 264 g/mol. The SMILES string of the molecule is CNc1c(F)cccc1C(=O)N1CCC(C)C(C)C1. The maximum Gasteiger partial charge on any atom is 0.256 e. The van der Waals surface area contributed by atoms with E-state index in [-0.39, 0.29) is 11.7 Å². The molecular formula is C15H21FN2O. The smallest absolute Gasteiger partial charge is 0.256 e. The largest absolute Gasteiger partial charge is 0.385 e. The van der Waals surface area contributed by atoms with Gasteiger partial charge in [0.1, 0.15) is 5.82 Å². The summed E-state index contributed by atoms with van der Waals surface area (Å²) in [6.07, 6.45) is 1.01. The summed E-state index contributed by atoms with van der Waals surface area (Å²) in [5.74, 6) is 0.666. The van der Waals surface area contributed by atoms with E-state index in [4.69, 9.17) is 0 Å². The van der Waals surface area contributed by atoms with Crippen LogP contribution in [-0.4, -0.2) is 30.9 Å². The highest BCUT2D eigenvalue weighted by Crippen LogP contribution is 2.26. The van der Waals surface area contributed by atoms with Crippen LogP contribution in [0, 0.1) is 17.7 Å². The van der Waals surface area contributed by atoms with E-state index in [1.807, 2.05) is 4.90 Å². The summed E-state index contributed by atoms with van der Waals surface area (Å²) in [7, 11) is 1.64. The van der Waals surface area contributed by atoms with Gasteiger partial charge in [0.05, 0.1) is 11.3 Å². The number of amides is 1. The molecule has 4 heteroatoms. The van der Waals surface area contributed by atoms with E-state index in [1.54, 1.807) is 19.2 Å². The molecule has 2 rings (SSSR count). The highest BCUT2D eigenvalue weighted by atomic mass is 19.1. The molecule has 0 aromatic heterocycles. The van der Waals surface area contributed by atoms with Crippen LogP contribution in [-0.2, 0) is 0 Å². The third-order valence-electron chi connectivity index (χ3n) is 4.12. The van der Waals surface area contributed by atoms with Crippen molar-refractivity contribution in [1.29, 1.82) is 0 Å². The van der Waals surface area contributed by atoms with Crippen LogP contribution in [0.4, 0.5) is 10.1 Å². The predicted molar refractivity (Wildman–Crippen MR) is 74.8 cm³/mol. The quantitative estimate of drug-likeness (QED) is 0.890. The van der Waals surface area contributed by atoms with Gasteiger partial charge in [0.15, 0.2) is 0 Å². The Kier molecular flexibility index (Phi) is 4.08. The second kappa shape index (κ2) is 5.59. The minimum absolute atomic E-state index is 0.0809. The van der Waals surface area contributed by atoms with Crippen LogP contribution in [0.5, 0.6) is 0 Å². The molecule has 1 aromatic rings. The summed E-state index contributed by atoms with van der Waals surface area (Å²) in [5.41, 5.74) is 0.711. The number of para-hydroxylation sites is 1. The maximum absolute atomic E-state index is 13.7. The molecule has 2 atom stereocenters. The Morgan fingerprint density at radius 3 is 2.74 bits per heavy atom. The molecule has 1 aromatic carbocycles. The number of hydrogen-bond donors (Lipinski definition) is 1. The lowest BCUT2D eigenvalue weighted by molar-refractivity contribution is 0.0628. The molecule has 0 saturated carbocycles. The van der Waals surface area contributed by atoms with Gasteiger partial charge in [-0.2, -0.15) is 0 Å². The van der Waals surface area contributed by atoms with Gasteiger partial charge in [-0.1, -0.05) is 19.9 Å². The van der Waals surface area contributed by atoms with Gasteiger partial charge in [0, 0.05) is 20.1 Å². The highest BCUT2D eigenvalue weighted by molar-refractivity contribution is 5.99. The molecule has 3 nitrogen and oxygen atoms in total. The maximum atomic E-state index is 13.7. The van der Waals surface area contributed by atoms with Crippen molar-refractivity contribution in [1.82, 2.24) is 4.90 Å². The van der Waals surface area contributed by atoms with Crippen molar-refractivity contribution in [2.45, 2.75) is 20.3 Å². The molecule has 19 heavy (non-hydrogen) atoms. The molecule has 0 spiro atoms. The van der Waals surface area contributed by atoms with Crippen LogP contribution >= 0.6 is 0 Å². The van der Waals surface area contributed by atoms with Crippen LogP contribution in [0.1, 0.15) is 30.6 Å². The third-order valence-corrected chi connectivity index (χ3v) is 4.12. The molecule has 0 radical (unpaired) electrons. The van der Waals surface area contributed by atoms with Crippen LogP contribution in [0.15, 0.2) is 18.2 Å². The van der Waals surface area contributed by atoms with Gasteiger partial charge in [-0.25, -0.2) is 4.39 Å². The molecule has 1 amide bonds. The Bertz CT molecular complexity index is 475. The van der Waals surface area contributed by atoms with E-state index < -0.39 is 0 Å². The number of carbonyl (C=O) groups is 1. The summed E-state index contributed by atoms with van der Waals surface area (Å²) in [5, 5.41) is 2.78. The van der Waals surface area contributed by atoms with E-state index in [0.717, 1.165) is 19.5 Å². The van der Waals surface area contributed by atoms with Gasteiger partial charge in [-0.05, 0) is 30.4 Å². The Morgan fingerprint density at radius 1 is 1.37 bits per heavy atom. The van der Waals surface area contributed by atoms with E-state index in [0.29, 0.717) is 23.1 Å². The van der Waals surface area contributed by atoms with Crippen molar-refractivity contribution in [2.24, 2.45) is 11.8 Å². The lowest BCUT2D eigenvalue weighted by Gasteiger charge is -2.35. The fraction of sp³-hybridized carbons (Fsp3) is 0.533. The standard InChI is InChI=1S/C15H21FN2O/c1-10-7-8-18(9-11(10)2)15(19)12-5-4-6-13(16)14(12)17-3/h4-6,10-11,17H,7-9H2,1-3H3. The Hall–Kier alpha value is -1.58. The average molecular weight is 264 g/mol. The first-order chi connectivity index (χ1) is 9.04. The molecule has 1 saturated heterocycles. The third kappa shape index (κ3) is 2.72. The van der Waals surface area contributed by atoms with Gasteiger partial charge >= 0.3 is 0 Å². The Labute approximate surface area is 113 Å². The van der Waals surface area contributed by atoms with Gasteiger partial charge in [-0.3, -0.25) is 4.79 Å². The van der Waals surface area contributed by atoms with Crippen LogP contribution in [0.25, 0.3) is 0 Å². The summed E-state index contributed by atoms with van der Waals surface area (Å²) < 4.78 is 13.7. The molecular weight excluding hydrogens is 243 g/mol. The number of piperidine rings is 1. The minimum atomic E-state index is -0.383. The first-order valence-corrected chi connectivity index (χ1v) is 6.80. The zero-order valence-electron chi connectivity index (χ0n) is 11.7. The number of benzene rings is 1. The van der Waals surface area contributed by atoms with Crippen molar-refractivity contribution in [2.75, 3.05) is 25.5 Å². The van der Waals surface area contributed by atoms with Crippen molar-refractivity contribution in [3.63, 3.8) is 0 Å². The number of likely N-dealkylation sites (tertiary alicyclic amines) is 1. The van der Waals surface area contributed by atoms with Gasteiger partial charge < -0.3 is 10.2 Å². The fourth-order valence-corrected chi connectivity index (χ4v) is 2.57. The predicted octanol–water partition coefficient (Wildman–Crippen LogP) is 2.99. The summed E-state index contributed by atoms with van der Waals surface area (Å²) in [4.78, 5) is 14.3.